The van der Waals surface area contributed by atoms with Crippen LogP contribution in [0.3, 0.4) is 0 Å². The molecule has 0 unspecified atom stereocenters. The van der Waals surface area contributed by atoms with E-state index in [9.17, 15) is 22.4 Å². The fourth-order valence-electron chi connectivity index (χ4n) is 3.26. The Labute approximate surface area is 178 Å². The van der Waals surface area contributed by atoms with E-state index < -0.39 is 33.9 Å². The number of aromatic nitrogens is 1. The van der Waals surface area contributed by atoms with Gasteiger partial charge in [0, 0.05) is 16.8 Å². The third-order valence-corrected chi connectivity index (χ3v) is 5.88. The second-order valence-corrected chi connectivity index (χ2v) is 7.68. The molecule has 0 spiro atoms. The lowest BCUT2D eigenvalue weighted by Gasteiger charge is -2.12. The molecular formula is C23H15F4NO2S. The highest BCUT2D eigenvalue weighted by molar-refractivity contribution is 7.98. The number of aromatic amines is 1. The van der Waals surface area contributed by atoms with Crippen molar-refractivity contribution in [1.82, 2.24) is 4.98 Å². The van der Waals surface area contributed by atoms with Crippen molar-refractivity contribution >= 4 is 22.5 Å². The van der Waals surface area contributed by atoms with Crippen LogP contribution >= 0.6 is 11.8 Å². The molecule has 0 bridgehead atoms. The number of methoxy groups -OCH3 is 1. The van der Waals surface area contributed by atoms with Crippen molar-refractivity contribution in [2.24, 2.45) is 0 Å². The molecule has 4 aromatic rings. The Morgan fingerprint density at radius 2 is 1.58 bits per heavy atom. The first-order chi connectivity index (χ1) is 14.9. The molecule has 4 rings (SSSR count). The average Bonchev–Trinajstić information content (AvgIpc) is 2.79. The van der Waals surface area contributed by atoms with Gasteiger partial charge in [-0.05, 0) is 28.6 Å². The maximum atomic E-state index is 14.2. The number of H-pyrrole nitrogens is 1. The zero-order chi connectivity index (χ0) is 22.1. The number of hydrogen-bond donors (Lipinski definition) is 1. The molecule has 3 aromatic carbocycles. The van der Waals surface area contributed by atoms with Gasteiger partial charge < -0.3 is 9.72 Å². The Morgan fingerprint density at radius 1 is 0.871 bits per heavy atom. The molecule has 0 atom stereocenters. The van der Waals surface area contributed by atoms with Crippen molar-refractivity contribution < 1.29 is 22.3 Å². The van der Waals surface area contributed by atoms with Gasteiger partial charge in [0.25, 0.3) is 5.56 Å². The molecule has 1 aromatic heterocycles. The molecule has 0 aliphatic rings. The number of ether oxygens (including phenoxy) is 1. The van der Waals surface area contributed by atoms with Crippen LogP contribution in [0.2, 0.25) is 0 Å². The molecular weight excluding hydrogens is 430 g/mol. The van der Waals surface area contributed by atoms with Crippen molar-refractivity contribution in [3.05, 3.63) is 93.9 Å². The van der Waals surface area contributed by atoms with Gasteiger partial charge in [-0.3, -0.25) is 4.79 Å². The predicted molar refractivity (Wildman–Crippen MR) is 112 cm³/mol. The lowest BCUT2D eigenvalue weighted by atomic mass is 10.0. The number of benzene rings is 3. The second kappa shape index (κ2) is 8.47. The summed E-state index contributed by atoms with van der Waals surface area (Å²) in [4.78, 5) is 14.8. The van der Waals surface area contributed by atoms with Crippen LogP contribution in [-0.2, 0) is 5.75 Å². The summed E-state index contributed by atoms with van der Waals surface area (Å²) in [7, 11) is 1.03. The summed E-state index contributed by atoms with van der Waals surface area (Å²) in [5.74, 6) is -7.75. The van der Waals surface area contributed by atoms with Gasteiger partial charge in [0.15, 0.2) is 17.4 Å². The average molecular weight is 445 g/mol. The minimum atomic E-state index is -1.94. The number of rotatable bonds is 5. The van der Waals surface area contributed by atoms with Gasteiger partial charge in [0.05, 0.1) is 12.0 Å². The number of halogens is 4. The largest absolute Gasteiger partial charge is 0.492 e. The van der Waals surface area contributed by atoms with Gasteiger partial charge in [-0.25, -0.2) is 13.2 Å². The van der Waals surface area contributed by atoms with E-state index in [-0.39, 0.29) is 11.3 Å². The van der Waals surface area contributed by atoms with E-state index >= 15 is 0 Å². The van der Waals surface area contributed by atoms with E-state index in [2.05, 4.69) is 4.98 Å². The van der Waals surface area contributed by atoms with E-state index in [1.54, 1.807) is 18.2 Å². The fourth-order valence-corrected chi connectivity index (χ4v) is 4.23. The topological polar surface area (TPSA) is 42.1 Å². The molecule has 0 aliphatic carbocycles. The van der Waals surface area contributed by atoms with Crippen LogP contribution < -0.4 is 10.3 Å². The Balaban J connectivity index is 1.67. The number of nitrogens with one attached hydrogen (secondary N) is 1. The Bertz CT molecular complexity index is 1340. The molecule has 158 valence electrons. The van der Waals surface area contributed by atoms with E-state index in [4.69, 9.17) is 4.74 Å². The Hall–Kier alpha value is -3.26. The van der Waals surface area contributed by atoms with Gasteiger partial charge in [-0.2, -0.15) is 4.39 Å². The highest BCUT2D eigenvalue weighted by Gasteiger charge is 2.26. The van der Waals surface area contributed by atoms with Crippen LogP contribution in [0.5, 0.6) is 5.75 Å². The lowest BCUT2D eigenvalue weighted by molar-refractivity contribution is 0.330. The summed E-state index contributed by atoms with van der Waals surface area (Å²) in [6, 6.07) is 16.7. The fraction of sp³-hybridized carbons (Fsp3) is 0.0870. The zero-order valence-electron chi connectivity index (χ0n) is 16.1. The van der Waals surface area contributed by atoms with Crippen LogP contribution in [0.1, 0.15) is 5.69 Å². The number of pyridine rings is 1. The van der Waals surface area contributed by atoms with Crippen molar-refractivity contribution in [3.8, 4) is 16.9 Å². The highest BCUT2D eigenvalue weighted by Crippen LogP contribution is 2.38. The highest BCUT2D eigenvalue weighted by atomic mass is 32.2. The monoisotopic (exact) mass is 445 g/mol. The molecule has 0 saturated carbocycles. The van der Waals surface area contributed by atoms with Crippen molar-refractivity contribution in [1.29, 1.82) is 0 Å². The van der Waals surface area contributed by atoms with E-state index in [0.29, 0.717) is 28.2 Å². The van der Waals surface area contributed by atoms with Gasteiger partial charge >= 0.3 is 0 Å². The Morgan fingerprint density at radius 3 is 2.29 bits per heavy atom. The molecule has 0 fully saturated rings. The van der Waals surface area contributed by atoms with E-state index in [1.165, 1.54) is 0 Å². The van der Waals surface area contributed by atoms with Crippen molar-refractivity contribution in [2.45, 2.75) is 10.6 Å². The van der Waals surface area contributed by atoms with Crippen molar-refractivity contribution in [2.75, 3.05) is 7.11 Å². The summed E-state index contributed by atoms with van der Waals surface area (Å²) in [6.07, 6.45) is 0. The van der Waals surface area contributed by atoms with Gasteiger partial charge in [0.1, 0.15) is 0 Å². The smallest absolute Gasteiger partial charge is 0.256 e. The molecule has 8 heteroatoms. The summed E-state index contributed by atoms with van der Waals surface area (Å²) >= 11 is 0.689. The van der Waals surface area contributed by atoms with E-state index in [0.717, 1.165) is 18.2 Å². The van der Waals surface area contributed by atoms with Crippen LogP contribution in [0.25, 0.3) is 21.9 Å². The third kappa shape index (κ3) is 3.90. The van der Waals surface area contributed by atoms with Gasteiger partial charge in [-0.15, -0.1) is 11.8 Å². The van der Waals surface area contributed by atoms with Crippen LogP contribution in [-0.4, -0.2) is 12.1 Å². The summed E-state index contributed by atoms with van der Waals surface area (Å²) < 4.78 is 59.9. The molecule has 0 aliphatic heterocycles. The molecule has 1 heterocycles. The first-order valence-corrected chi connectivity index (χ1v) is 10.1. The molecule has 3 nitrogen and oxygen atoms in total. The van der Waals surface area contributed by atoms with Crippen LogP contribution in [0, 0.1) is 23.3 Å². The number of thioether (sulfide) groups is 1. The van der Waals surface area contributed by atoms with E-state index in [1.807, 2.05) is 36.4 Å². The number of fused-ring (bicyclic) bond motifs is 1. The van der Waals surface area contributed by atoms with Crippen molar-refractivity contribution in [3.63, 3.8) is 0 Å². The maximum Gasteiger partial charge on any atom is 0.256 e. The molecule has 31 heavy (non-hydrogen) atoms. The zero-order valence-corrected chi connectivity index (χ0v) is 17.0. The normalized spacial score (nSPS) is 11.1. The minimum Gasteiger partial charge on any atom is -0.492 e. The summed E-state index contributed by atoms with van der Waals surface area (Å²) in [6.45, 7) is 0. The first-order valence-electron chi connectivity index (χ1n) is 9.14. The predicted octanol–water partition coefficient (Wildman–Crippen LogP) is 6.05. The first kappa shape index (κ1) is 21.0. The summed E-state index contributed by atoms with van der Waals surface area (Å²) in [5.41, 5.74) is 1.90. The SMILES string of the molecule is COc1c(F)c(F)c(F)c(F)c1SCc1cc2ccc(-c3ccccc3)cc2c(=O)[nH]1. The molecule has 0 radical (unpaired) electrons. The molecule has 0 saturated heterocycles. The lowest BCUT2D eigenvalue weighted by Crippen LogP contribution is -2.09. The van der Waals surface area contributed by atoms with Gasteiger partial charge in [-0.1, -0.05) is 42.5 Å². The quantitative estimate of drug-likeness (QED) is 0.176. The van der Waals surface area contributed by atoms with Crippen LogP contribution in [0.15, 0.2) is 64.3 Å². The molecule has 1 N–H and O–H groups in total. The third-order valence-electron chi connectivity index (χ3n) is 4.77. The van der Waals surface area contributed by atoms with Gasteiger partial charge in [0.2, 0.25) is 11.6 Å². The summed E-state index contributed by atoms with van der Waals surface area (Å²) in [5, 5.41) is 1.13. The standard InChI is InChI=1S/C23H15F4NO2S/c1-30-21-19(26)17(24)18(25)20(27)22(21)31-11-15-9-14-8-7-13(10-16(14)23(29)28-15)12-5-3-2-4-6-12/h2-10H,11H2,1H3,(H,28,29). The maximum absolute atomic E-state index is 14.2. The number of hydrogen-bond acceptors (Lipinski definition) is 3. The van der Waals surface area contributed by atoms with Crippen LogP contribution in [0.4, 0.5) is 17.6 Å². The second-order valence-electron chi connectivity index (χ2n) is 6.70. The Kier molecular flexibility index (Phi) is 5.73. The molecule has 0 amide bonds. The minimum absolute atomic E-state index is 0.0244.